The minimum atomic E-state index is -3.97. The van der Waals surface area contributed by atoms with Gasteiger partial charge in [0.05, 0.1) is 16.7 Å². The van der Waals surface area contributed by atoms with Crippen LogP contribution < -0.4 is 15.6 Å². The van der Waals surface area contributed by atoms with E-state index in [1.54, 1.807) is 32.9 Å². The molecule has 1 heterocycles. The number of rotatable bonds is 6. The highest BCUT2D eigenvalue weighted by Gasteiger charge is 2.29. The minimum Gasteiger partial charge on any atom is -0.469 e. The van der Waals surface area contributed by atoms with Gasteiger partial charge >= 0.3 is 0 Å². The van der Waals surface area contributed by atoms with Crippen molar-refractivity contribution < 1.29 is 22.4 Å². The predicted molar refractivity (Wildman–Crippen MR) is 112 cm³/mol. The highest BCUT2D eigenvalue weighted by molar-refractivity contribution is 7.89. The van der Waals surface area contributed by atoms with Gasteiger partial charge in [0.1, 0.15) is 11.8 Å². The van der Waals surface area contributed by atoms with Crippen LogP contribution in [-0.2, 0) is 14.8 Å². The summed E-state index contributed by atoms with van der Waals surface area (Å²) < 4.78 is 33.2. The van der Waals surface area contributed by atoms with Crippen molar-refractivity contribution in [2.75, 3.05) is 0 Å². The zero-order chi connectivity index (χ0) is 21.9. The molecule has 0 radical (unpaired) electrons. The molecule has 3 N–H and O–H groups in total. The van der Waals surface area contributed by atoms with Crippen molar-refractivity contribution in [2.45, 2.75) is 31.7 Å². The van der Waals surface area contributed by atoms with Crippen LogP contribution in [0.1, 0.15) is 30.0 Å². The fraction of sp³-hybridized carbons (Fsp3) is 0.238. The lowest BCUT2D eigenvalue weighted by atomic mass is 10.1. The number of carbonyl (C=O) groups excluding carboxylic acids is 2. The molecular weight excluding hydrogens is 406 g/mol. The normalized spacial score (nSPS) is 12.7. The molecule has 0 spiro atoms. The number of hydrogen-bond acceptors (Lipinski definition) is 5. The average Bonchev–Trinajstić information content (AvgIpc) is 3.15. The van der Waals surface area contributed by atoms with Gasteiger partial charge in [0.15, 0.2) is 0 Å². The smallest absolute Gasteiger partial charge is 0.273 e. The second-order valence-electron chi connectivity index (χ2n) is 7.19. The van der Waals surface area contributed by atoms with Crippen LogP contribution in [0.5, 0.6) is 0 Å². The Balaban J connectivity index is 1.74. The summed E-state index contributed by atoms with van der Waals surface area (Å²) in [7, 11) is -3.97. The highest BCUT2D eigenvalue weighted by atomic mass is 32.2. The maximum atomic E-state index is 12.9. The van der Waals surface area contributed by atoms with Crippen molar-refractivity contribution >= 4 is 32.6 Å². The van der Waals surface area contributed by atoms with E-state index in [4.69, 9.17) is 4.42 Å². The summed E-state index contributed by atoms with van der Waals surface area (Å²) in [5.74, 6) is -1.20. The summed E-state index contributed by atoms with van der Waals surface area (Å²) in [6, 6.07) is 12.5. The Bertz CT molecular complexity index is 1180. The van der Waals surface area contributed by atoms with Crippen LogP contribution >= 0.6 is 0 Å². The molecule has 2 amide bonds. The molecule has 0 saturated heterocycles. The molecule has 0 aliphatic heterocycles. The summed E-state index contributed by atoms with van der Waals surface area (Å²) in [6.45, 7) is 5.02. The van der Waals surface area contributed by atoms with Crippen molar-refractivity contribution in [2.24, 2.45) is 5.92 Å². The monoisotopic (exact) mass is 429 g/mol. The summed E-state index contributed by atoms with van der Waals surface area (Å²) in [6.07, 6.45) is 1.36. The van der Waals surface area contributed by atoms with Crippen LogP contribution in [0.4, 0.5) is 0 Å². The van der Waals surface area contributed by atoms with Crippen molar-refractivity contribution in [1.29, 1.82) is 0 Å². The molecule has 0 fully saturated rings. The van der Waals surface area contributed by atoms with Gasteiger partial charge in [0.25, 0.3) is 11.8 Å². The number of amides is 2. The highest BCUT2D eigenvalue weighted by Crippen LogP contribution is 2.19. The van der Waals surface area contributed by atoms with Crippen molar-refractivity contribution in [3.63, 3.8) is 0 Å². The van der Waals surface area contributed by atoms with Gasteiger partial charge in [-0.05, 0) is 41.8 Å². The second kappa shape index (κ2) is 8.68. The van der Waals surface area contributed by atoms with E-state index in [1.165, 1.54) is 18.4 Å². The fourth-order valence-corrected chi connectivity index (χ4v) is 4.32. The van der Waals surface area contributed by atoms with Gasteiger partial charge in [-0.2, -0.15) is 4.72 Å². The Morgan fingerprint density at radius 2 is 1.67 bits per heavy atom. The first-order chi connectivity index (χ1) is 14.2. The lowest BCUT2D eigenvalue weighted by molar-refractivity contribution is -0.124. The van der Waals surface area contributed by atoms with Crippen molar-refractivity contribution in [1.82, 2.24) is 15.6 Å². The maximum absolute atomic E-state index is 12.9. The largest absolute Gasteiger partial charge is 0.469 e. The van der Waals surface area contributed by atoms with E-state index in [1.807, 2.05) is 24.3 Å². The van der Waals surface area contributed by atoms with Crippen LogP contribution in [-0.4, -0.2) is 26.3 Å². The van der Waals surface area contributed by atoms with Gasteiger partial charge in [-0.3, -0.25) is 20.4 Å². The van der Waals surface area contributed by atoms with Gasteiger partial charge in [-0.1, -0.05) is 44.2 Å². The van der Waals surface area contributed by atoms with Gasteiger partial charge in [0, 0.05) is 0 Å². The van der Waals surface area contributed by atoms with E-state index in [-0.39, 0.29) is 16.4 Å². The second-order valence-corrected chi connectivity index (χ2v) is 8.90. The lowest BCUT2D eigenvalue weighted by Crippen LogP contribution is -2.54. The SMILES string of the molecule is Cc1occc1C(=O)NNC(=O)C(NS(=O)(=O)c1ccc2ccccc2c1)C(C)C. The van der Waals surface area contributed by atoms with Gasteiger partial charge < -0.3 is 4.42 Å². The third-order valence-electron chi connectivity index (χ3n) is 4.67. The van der Waals surface area contributed by atoms with Gasteiger partial charge in [0.2, 0.25) is 10.0 Å². The lowest BCUT2D eigenvalue weighted by Gasteiger charge is -2.22. The third-order valence-corrected chi connectivity index (χ3v) is 6.10. The number of benzene rings is 2. The number of sulfonamides is 1. The molecular formula is C21H23N3O5S. The molecule has 0 saturated carbocycles. The Labute approximate surface area is 174 Å². The van der Waals surface area contributed by atoms with Crippen LogP contribution in [0.25, 0.3) is 10.8 Å². The van der Waals surface area contributed by atoms with Crippen LogP contribution in [0.2, 0.25) is 0 Å². The first-order valence-electron chi connectivity index (χ1n) is 9.34. The van der Waals surface area contributed by atoms with Crippen LogP contribution in [0.3, 0.4) is 0 Å². The van der Waals surface area contributed by atoms with E-state index in [9.17, 15) is 18.0 Å². The first kappa shape index (κ1) is 21.5. The molecule has 0 aliphatic carbocycles. The number of fused-ring (bicyclic) bond motifs is 1. The average molecular weight is 429 g/mol. The zero-order valence-electron chi connectivity index (χ0n) is 16.8. The van der Waals surface area contributed by atoms with Gasteiger partial charge in [-0.15, -0.1) is 0 Å². The molecule has 0 aliphatic rings. The molecule has 3 aromatic rings. The molecule has 1 aromatic heterocycles. The standard InChI is InChI=1S/C21H23N3O5S/c1-13(2)19(21(26)23-22-20(25)18-10-11-29-14(18)3)24-30(27,28)17-9-8-15-6-4-5-7-16(15)12-17/h4-13,19,24H,1-3H3,(H,22,25)(H,23,26). The van der Waals surface area contributed by atoms with Gasteiger partial charge in [-0.25, -0.2) is 8.42 Å². The minimum absolute atomic E-state index is 0.0534. The molecule has 30 heavy (non-hydrogen) atoms. The van der Waals surface area contributed by atoms with Crippen molar-refractivity contribution in [3.8, 4) is 0 Å². The quantitative estimate of drug-likeness (QED) is 0.521. The number of carbonyl (C=O) groups is 2. The van der Waals surface area contributed by atoms with E-state index < -0.39 is 27.9 Å². The molecule has 3 rings (SSSR count). The first-order valence-corrected chi connectivity index (χ1v) is 10.8. The van der Waals surface area contributed by atoms with Crippen LogP contribution in [0.15, 0.2) is 64.1 Å². The Morgan fingerprint density at radius 3 is 2.30 bits per heavy atom. The van der Waals surface area contributed by atoms with Crippen molar-refractivity contribution in [3.05, 3.63) is 66.1 Å². The van der Waals surface area contributed by atoms with E-state index in [0.717, 1.165) is 10.8 Å². The Morgan fingerprint density at radius 1 is 0.967 bits per heavy atom. The number of hydrogen-bond donors (Lipinski definition) is 3. The third kappa shape index (κ3) is 4.69. The van der Waals surface area contributed by atoms with E-state index in [0.29, 0.717) is 5.76 Å². The Hall–Kier alpha value is -3.17. The maximum Gasteiger partial charge on any atom is 0.273 e. The molecule has 1 atom stereocenters. The summed E-state index contributed by atoms with van der Waals surface area (Å²) >= 11 is 0. The summed E-state index contributed by atoms with van der Waals surface area (Å²) in [5, 5.41) is 1.68. The van der Waals surface area contributed by atoms with E-state index >= 15 is 0 Å². The summed E-state index contributed by atoms with van der Waals surface area (Å²) in [4.78, 5) is 24.8. The number of nitrogens with one attached hydrogen (secondary N) is 3. The molecule has 158 valence electrons. The zero-order valence-corrected chi connectivity index (χ0v) is 17.6. The number of furan rings is 1. The summed E-state index contributed by atoms with van der Waals surface area (Å²) in [5.41, 5.74) is 4.82. The number of aryl methyl sites for hydroxylation is 1. The van der Waals surface area contributed by atoms with Crippen LogP contribution in [0, 0.1) is 12.8 Å². The fourth-order valence-electron chi connectivity index (χ4n) is 2.95. The molecule has 0 bridgehead atoms. The number of hydrazine groups is 1. The topological polar surface area (TPSA) is 118 Å². The van der Waals surface area contributed by atoms with E-state index in [2.05, 4.69) is 15.6 Å². The molecule has 2 aromatic carbocycles. The molecule has 1 unspecified atom stereocenters. The predicted octanol–water partition coefficient (Wildman–Crippen LogP) is 2.51. The molecule has 9 heteroatoms. The Kier molecular flexibility index (Phi) is 6.23. The molecule has 8 nitrogen and oxygen atoms in total.